The maximum absolute atomic E-state index is 13.1. The number of ether oxygens (including phenoxy) is 1. The number of aromatic nitrogens is 1. The third-order valence-electron chi connectivity index (χ3n) is 7.57. The van der Waals surface area contributed by atoms with Gasteiger partial charge in [0.25, 0.3) is 5.91 Å². The molecule has 1 saturated carbocycles. The smallest absolute Gasteiger partial charge is 0.253 e. The molecule has 0 radical (unpaired) electrons. The second kappa shape index (κ2) is 9.47. The van der Waals surface area contributed by atoms with Crippen molar-refractivity contribution in [1.29, 1.82) is 0 Å². The average molecular weight is 453 g/mol. The van der Waals surface area contributed by atoms with Gasteiger partial charge in [-0.1, -0.05) is 0 Å². The fraction of sp³-hybridized carbons (Fsp3) is 0.615. The predicted octanol–water partition coefficient (Wildman–Crippen LogP) is 2.85. The SMILES string of the molecule is CN(CCCC(=O)NC1CC1)C(=O)c1ccc2c(c1)c1c(n2C)CCN(C2CCOCC2)C1. The maximum Gasteiger partial charge on any atom is 0.253 e. The van der Waals surface area contributed by atoms with Gasteiger partial charge in [-0.2, -0.15) is 0 Å². The van der Waals surface area contributed by atoms with E-state index in [1.165, 1.54) is 22.2 Å². The van der Waals surface area contributed by atoms with E-state index in [4.69, 9.17) is 4.74 Å². The summed E-state index contributed by atoms with van der Waals surface area (Å²) in [5.41, 5.74) is 4.70. The summed E-state index contributed by atoms with van der Waals surface area (Å²) in [5, 5.41) is 4.21. The summed E-state index contributed by atoms with van der Waals surface area (Å²) in [6.07, 6.45) is 6.61. The summed E-state index contributed by atoms with van der Waals surface area (Å²) >= 11 is 0. The lowest BCUT2D eigenvalue weighted by atomic mass is 9.99. The maximum atomic E-state index is 13.1. The molecule has 2 fully saturated rings. The summed E-state index contributed by atoms with van der Waals surface area (Å²) in [6, 6.07) is 7.11. The molecule has 1 N–H and O–H groups in total. The second-order valence-corrected chi connectivity index (χ2v) is 9.95. The molecule has 1 saturated heterocycles. The largest absolute Gasteiger partial charge is 0.381 e. The molecule has 0 unspecified atom stereocenters. The van der Waals surface area contributed by atoms with Gasteiger partial charge in [0.2, 0.25) is 5.91 Å². The molecular formula is C26H36N4O3. The van der Waals surface area contributed by atoms with Crippen LogP contribution in [0.4, 0.5) is 0 Å². The molecule has 0 bridgehead atoms. The van der Waals surface area contributed by atoms with Crippen LogP contribution in [0.3, 0.4) is 0 Å². The average Bonchev–Trinajstić information content (AvgIpc) is 3.62. The van der Waals surface area contributed by atoms with Gasteiger partial charge >= 0.3 is 0 Å². The number of nitrogens with zero attached hydrogens (tertiary/aromatic N) is 3. The van der Waals surface area contributed by atoms with Crippen molar-refractivity contribution in [3.05, 3.63) is 35.0 Å². The zero-order valence-corrected chi connectivity index (χ0v) is 19.9. The van der Waals surface area contributed by atoms with Gasteiger partial charge in [0, 0.05) is 94.0 Å². The second-order valence-electron chi connectivity index (χ2n) is 9.95. The molecular weight excluding hydrogens is 416 g/mol. The number of rotatable bonds is 7. The number of fused-ring (bicyclic) bond motifs is 3. The lowest BCUT2D eigenvalue weighted by molar-refractivity contribution is -0.121. The van der Waals surface area contributed by atoms with Crippen molar-refractivity contribution < 1.29 is 14.3 Å². The zero-order chi connectivity index (χ0) is 22.9. The lowest BCUT2D eigenvalue weighted by Gasteiger charge is -2.37. The summed E-state index contributed by atoms with van der Waals surface area (Å²) in [6.45, 7) is 4.33. The van der Waals surface area contributed by atoms with Crippen molar-refractivity contribution in [2.75, 3.05) is 33.4 Å². The molecule has 178 valence electrons. The van der Waals surface area contributed by atoms with Gasteiger partial charge < -0.3 is 19.5 Å². The van der Waals surface area contributed by atoms with E-state index >= 15 is 0 Å². The number of carbonyl (C=O) groups excluding carboxylic acids is 2. The van der Waals surface area contributed by atoms with Gasteiger partial charge in [0.1, 0.15) is 0 Å². The van der Waals surface area contributed by atoms with Gasteiger partial charge in [-0.25, -0.2) is 0 Å². The van der Waals surface area contributed by atoms with Crippen LogP contribution in [0.2, 0.25) is 0 Å². The quantitative estimate of drug-likeness (QED) is 0.702. The molecule has 33 heavy (non-hydrogen) atoms. The van der Waals surface area contributed by atoms with Crippen molar-refractivity contribution in [3.8, 4) is 0 Å². The molecule has 0 atom stereocenters. The Morgan fingerprint density at radius 3 is 2.73 bits per heavy atom. The molecule has 2 amide bonds. The van der Waals surface area contributed by atoms with Crippen LogP contribution < -0.4 is 5.32 Å². The highest BCUT2D eigenvalue weighted by molar-refractivity contribution is 5.99. The van der Waals surface area contributed by atoms with E-state index in [9.17, 15) is 9.59 Å². The number of nitrogens with one attached hydrogen (secondary N) is 1. The minimum Gasteiger partial charge on any atom is -0.381 e. The molecule has 5 rings (SSSR count). The molecule has 0 spiro atoms. The van der Waals surface area contributed by atoms with Crippen LogP contribution in [-0.2, 0) is 29.5 Å². The number of hydrogen-bond donors (Lipinski definition) is 1. The predicted molar refractivity (Wildman–Crippen MR) is 128 cm³/mol. The standard InChI is InChI=1S/C26H36N4O3/c1-28(12-3-4-25(31)27-19-6-7-19)26(32)18-5-8-23-21(16-18)22-17-30(13-9-24(22)29(23)2)20-10-14-33-15-11-20/h5,8,16,19-20H,3-4,6-7,9-15,17H2,1-2H3,(H,27,31). The summed E-state index contributed by atoms with van der Waals surface area (Å²) in [4.78, 5) is 29.4. The number of aryl methyl sites for hydroxylation is 1. The first-order valence-electron chi connectivity index (χ1n) is 12.5. The van der Waals surface area contributed by atoms with Crippen LogP contribution in [-0.4, -0.2) is 71.6 Å². The Hall–Kier alpha value is -2.38. The fourth-order valence-corrected chi connectivity index (χ4v) is 5.42. The normalized spacial score (nSPS) is 19.5. The van der Waals surface area contributed by atoms with Crippen LogP contribution >= 0.6 is 0 Å². The van der Waals surface area contributed by atoms with Crippen molar-refractivity contribution >= 4 is 22.7 Å². The first-order valence-corrected chi connectivity index (χ1v) is 12.5. The van der Waals surface area contributed by atoms with Crippen LogP contribution in [0, 0.1) is 0 Å². The van der Waals surface area contributed by atoms with E-state index in [2.05, 4.69) is 34.0 Å². The third-order valence-corrected chi connectivity index (χ3v) is 7.57. The van der Waals surface area contributed by atoms with E-state index < -0.39 is 0 Å². The van der Waals surface area contributed by atoms with E-state index in [0.29, 0.717) is 31.5 Å². The zero-order valence-electron chi connectivity index (χ0n) is 19.9. The number of amides is 2. The Balaban J connectivity index is 1.28. The highest BCUT2D eigenvalue weighted by Gasteiger charge is 2.29. The Morgan fingerprint density at radius 2 is 1.97 bits per heavy atom. The molecule has 1 aromatic heterocycles. The van der Waals surface area contributed by atoms with E-state index in [1.807, 2.05) is 13.1 Å². The van der Waals surface area contributed by atoms with Crippen molar-refractivity contribution in [1.82, 2.24) is 19.7 Å². The molecule has 2 aliphatic heterocycles. The van der Waals surface area contributed by atoms with E-state index in [1.54, 1.807) is 4.90 Å². The minimum atomic E-state index is 0.0224. The third kappa shape index (κ3) is 4.80. The highest BCUT2D eigenvalue weighted by Crippen LogP contribution is 2.33. The van der Waals surface area contributed by atoms with E-state index in [-0.39, 0.29) is 11.8 Å². The molecule has 7 heteroatoms. The van der Waals surface area contributed by atoms with Gasteiger partial charge in [-0.3, -0.25) is 14.5 Å². The molecule has 3 aliphatic rings. The minimum absolute atomic E-state index is 0.0224. The topological polar surface area (TPSA) is 66.8 Å². The van der Waals surface area contributed by atoms with Crippen molar-refractivity contribution in [3.63, 3.8) is 0 Å². The number of benzene rings is 1. The first kappa shape index (κ1) is 22.4. The Morgan fingerprint density at radius 1 is 1.18 bits per heavy atom. The summed E-state index contributed by atoms with van der Waals surface area (Å²) in [7, 11) is 3.98. The molecule has 1 aromatic carbocycles. The molecule has 7 nitrogen and oxygen atoms in total. The van der Waals surface area contributed by atoms with Crippen LogP contribution in [0.5, 0.6) is 0 Å². The molecule has 3 heterocycles. The highest BCUT2D eigenvalue weighted by atomic mass is 16.5. The van der Waals surface area contributed by atoms with Gasteiger partial charge in [0.05, 0.1) is 0 Å². The van der Waals surface area contributed by atoms with Crippen LogP contribution in [0.25, 0.3) is 10.9 Å². The van der Waals surface area contributed by atoms with Crippen LogP contribution in [0.15, 0.2) is 18.2 Å². The van der Waals surface area contributed by atoms with Crippen LogP contribution in [0.1, 0.15) is 60.1 Å². The van der Waals surface area contributed by atoms with Gasteiger partial charge in [-0.15, -0.1) is 0 Å². The Kier molecular flexibility index (Phi) is 6.43. The number of carbonyl (C=O) groups is 2. The number of hydrogen-bond acceptors (Lipinski definition) is 4. The summed E-state index contributed by atoms with van der Waals surface area (Å²) in [5.74, 6) is 0.124. The Labute approximate surface area is 196 Å². The summed E-state index contributed by atoms with van der Waals surface area (Å²) < 4.78 is 7.87. The monoisotopic (exact) mass is 452 g/mol. The lowest BCUT2D eigenvalue weighted by Crippen LogP contribution is -2.42. The fourth-order valence-electron chi connectivity index (χ4n) is 5.42. The molecule has 2 aromatic rings. The molecule has 1 aliphatic carbocycles. The Bertz CT molecular complexity index is 1040. The van der Waals surface area contributed by atoms with Gasteiger partial charge in [-0.05, 0) is 55.9 Å². The van der Waals surface area contributed by atoms with Crippen molar-refractivity contribution in [2.24, 2.45) is 7.05 Å². The van der Waals surface area contributed by atoms with Crippen molar-refractivity contribution in [2.45, 2.75) is 63.6 Å². The van der Waals surface area contributed by atoms with E-state index in [0.717, 1.165) is 64.0 Å². The first-order chi connectivity index (χ1) is 16.0. The van der Waals surface area contributed by atoms with Gasteiger partial charge in [0.15, 0.2) is 0 Å².